The number of nitrogen functional groups attached to an aromatic ring is 1. The average Bonchev–Trinajstić information content (AvgIpc) is 2.89. The van der Waals surface area contributed by atoms with E-state index >= 15 is 0 Å². The third-order valence-corrected chi connectivity index (χ3v) is 2.66. The van der Waals surface area contributed by atoms with Gasteiger partial charge in [0.2, 0.25) is 0 Å². The molecule has 0 fully saturated rings. The molecule has 0 saturated heterocycles. The van der Waals surface area contributed by atoms with Crippen molar-refractivity contribution < 1.29 is 14.3 Å². The van der Waals surface area contributed by atoms with E-state index in [-0.39, 0.29) is 12.2 Å². The van der Waals surface area contributed by atoms with Gasteiger partial charge in [0, 0.05) is 6.20 Å². The standard InChI is InChI=1S/C13H14N4O3/c1-2-20-13(19)8-3-4-10(14)11(5-8)17-7-9(6-16-17)12(15)18/h3-7H,2,14H2,1H3,(H2,15,18). The number of nitrogens with zero attached hydrogens (tertiary/aromatic N) is 2. The van der Waals surface area contributed by atoms with Gasteiger partial charge in [-0.2, -0.15) is 5.10 Å². The maximum atomic E-state index is 11.7. The van der Waals surface area contributed by atoms with Crippen LogP contribution in [-0.4, -0.2) is 28.3 Å². The highest BCUT2D eigenvalue weighted by Crippen LogP contribution is 2.19. The smallest absolute Gasteiger partial charge is 0.338 e. The predicted octanol–water partition coefficient (Wildman–Crippen LogP) is 0.730. The summed E-state index contributed by atoms with van der Waals surface area (Å²) in [6.45, 7) is 2.01. The highest BCUT2D eigenvalue weighted by molar-refractivity contribution is 5.93. The lowest BCUT2D eigenvalue weighted by Crippen LogP contribution is -2.10. The Morgan fingerprint density at radius 1 is 1.35 bits per heavy atom. The van der Waals surface area contributed by atoms with Crippen LogP contribution in [0.5, 0.6) is 0 Å². The fraction of sp³-hybridized carbons (Fsp3) is 0.154. The Labute approximate surface area is 115 Å². The number of anilines is 1. The second kappa shape index (κ2) is 5.43. The first-order chi connectivity index (χ1) is 9.52. The Kier molecular flexibility index (Phi) is 3.69. The molecule has 0 radical (unpaired) electrons. The van der Waals surface area contributed by atoms with Crippen molar-refractivity contribution in [1.82, 2.24) is 9.78 Å². The molecular weight excluding hydrogens is 260 g/mol. The number of primary amides is 1. The quantitative estimate of drug-likeness (QED) is 0.630. The number of rotatable bonds is 4. The average molecular weight is 274 g/mol. The maximum Gasteiger partial charge on any atom is 0.338 e. The number of hydrogen-bond acceptors (Lipinski definition) is 5. The highest BCUT2D eigenvalue weighted by atomic mass is 16.5. The zero-order chi connectivity index (χ0) is 14.7. The molecule has 7 nitrogen and oxygen atoms in total. The van der Waals surface area contributed by atoms with E-state index in [9.17, 15) is 9.59 Å². The Bertz CT molecular complexity index is 663. The van der Waals surface area contributed by atoms with E-state index in [1.165, 1.54) is 17.1 Å². The minimum absolute atomic E-state index is 0.255. The van der Waals surface area contributed by atoms with Crippen LogP contribution in [0.4, 0.5) is 5.69 Å². The van der Waals surface area contributed by atoms with E-state index in [1.807, 2.05) is 0 Å². The Hall–Kier alpha value is -2.83. The molecule has 2 rings (SSSR count). The third kappa shape index (κ3) is 2.61. The molecule has 0 unspecified atom stereocenters. The molecule has 4 N–H and O–H groups in total. The van der Waals surface area contributed by atoms with Crippen LogP contribution in [0.2, 0.25) is 0 Å². The van der Waals surface area contributed by atoms with Gasteiger partial charge in [-0.05, 0) is 25.1 Å². The number of amides is 1. The number of nitrogens with two attached hydrogens (primary N) is 2. The van der Waals surface area contributed by atoms with Crippen LogP contribution in [0.15, 0.2) is 30.6 Å². The number of esters is 1. The molecule has 0 bridgehead atoms. The zero-order valence-corrected chi connectivity index (χ0v) is 10.9. The van der Waals surface area contributed by atoms with E-state index < -0.39 is 11.9 Å². The molecule has 20 heavy (non-hydrogen) atoms. The molecule has 1 heterocycles. The van der Waals surface area contributed by atoms with Crippen molar-refractivity contribution in [2.45, 2.75) is 6.92 Å². The first-order valence-corrected chi connectivity index (χ1v) is 5.94. The highest BCUT2D eigenvalue weighted by Gasteiger charge is 2.12. The summed E-state index contributed by atoms with van der Waals surface area (Å²) in [6, 6.07) is 4.69. The van der Waals surface area contributed by atoms with Gasteiger partial charge in [0.25, 0.3) is 5.91 Å². The van der Waals surface area contributed by atoms with Crippen LogP contribution in [0.3, 0.4) is 0 Å². The molecule has 0 saturated carbocycles. The van der Waals surface area contributed by atoms with Gasteiger partial charge in [-0.1, -0.05) is 0 Å². The summed E-state index contributed by atoms with van der Waals surface area (Å²) in [4.78, 5) is 22.7. The van der Waals surface area contributed by atoms with Gasteiger partial charge in [-0.3, -0.25) is 4.79 Å². The lowest BCUT2D eigenvalue weighted by molar-refractivity contribution is 0.0526. The van der Waals surface area contributed by atoms with Crippen LogP contribution in [0.1, 0.15) is 27.6 Å². The summed E-state index contributed by atoms with van der Waals surface area (Å²) >= 11 is 0. The van der Waals surface area contributed by atoms with Gasteiger partial charge in [0.05, 0.1) is 35.3 Å². The molecule has 0 atom stereocenters. The minimum Gasteiger partial charge on any atom is -0.462 e. The molecule has 2 aromatic rings. The fourth-order valence-electron chi connectivity index (χ4n) is 1.67. The van der Waals surface area contributed by atoms with Crippen LogP contribution < -0.4 is 11.5 Å². The summed E-state index contributed by atoms with van der Waals surface area (Å²) in [5, 5.41) is 4.00. The van der Waals surface area contributed by atoms with Crippen molar-refractivity contribution in [3.63, 3.8) is 0 Å². The van der Waals surface area contributed by atoms with Gasteiger partial charge < -0.3 is 16.2 Å². The van der Waals surface area contributed by atoms with Crippen LogP contribution in [0.25, 0.3) is 5.69 Å². The molecule has 0 spiro atoms. The van der Waals surface area contributed by atoms with Gasteiger partial charge >= 0.3 is 5.97 Å². The molecule has 104 valence electrons. The summed E-state index contributed by atoms with van der Waals surface area (Å²) in [6.07, 6.45) is 2.78. The minimum atomic E-state index is -0.587. The molecule has 1 aromatic heterocycles. The summed E-state index contributed by atoms with van der Waals surface area (Å²) in [5.74, 6) is -1.03. The monoisotopic (exact) mass is 274 g/mol. The van der Waals surface area contributed by atoms with E-state index in [4.69, 9.17) is 16.2 Å². The van der Waals surface area contributed by atoms with Crippen molar-refractivity contribution >= 4 is 17.6 Å². The van der Waals surface area contributed by atoms with Crippen molar-refractivity contribution in [2.75, 3.05) is 12.3 Å². The largest absolute Gasteiger partial charge is 0.462 e. The first-order valence-electron chi connectivity index (χ1n) is 5.94. The Morgan fingerprint density at radius 2 is 2.10 bits per heavy atom. The van der Waals surface area contributed by atoms with E-state index in [2.05, 4.69) is 5.10 Å². The number of aromatic nitrogens is 2. The van der Waals surface area contributed by atoms with Crippen molar-refractivity contribution in [2.24, 2.45) is 5.73 Å². The van der Waals surface area contributed by atoms with Crippen molar-refractivity contribution in [1.29, 1.82) is 0 Å². The second-order valence-corrected chi connectivity index (χ2v) is 4.03. The Balaban J connectivity index is 2.41. The maximum absolute atomic E-state index is 11.7. The molecule has 1 amide bonds. The Morgan fingerprint density at radius 3 is 2.70 bits per heavy atom. The normalized spacial score (nSPS) is 10.2. The van der Waals surface area contributed by atoms with Gasteiger partial charge in [-0.25, -0.2) is 9.48 Å². The summed E-state index contributed by atoms with van der Waals surface area (Å²) < 4.78 is 6.31. The number of ether oxygens (including phenoxy) is 1. The van der Waals surface area contributed by atoms with Gasteiger partial charge in [-0.15, -0.1) is 0 Å². The number of benzene rings is 1. The van der Waals surface area contributed by atoms with E-state index in [0.29, 0.717) is 16.9 Å². The number of carbonyl (C=O) groups excluding carboxylic acids is 2. The molecule has 1 aromatic carbocycles. The molecule has 0 aliphatic carbocycles. The van der Waals surface area contributed by atoms with Crippen molar-refractivity contribution in [3.05, 3.63) is 41.7 Å². The number of carbonyl (C=O) groups is 2. The molecule has 7 heteroatoms. The third-order valence-electron chi connectivity index (χ3n) is 2.66. The predicted molar refractivity (Wildman–Crippen MR) is 72.5 cm³/mol. The van der Waals surface area contributed by atoms with E-state index in [1.54, 1.807) is 25.1 Å². The number of hydrogen-bond donors (Lipinski definition) is 2. The summed E-state index contributed by atoms with van der Waals surface area (Å²) in [5.41, 5.74) is 12.5. The second-order valence-electron chi connectivity index (χ2n) is 4.03. The topological polar surface area (TPSA) is 113 Å². The van der Waals surface area contributed by atoms with Gasteiger partial charge in [0.1, 0.15) is 0 Å². The molecule has 0 aliphatic rings. The van der Waals surface area contributed by atoms with E-state index in [0.717, 1.165) is 0 Å². The molecular formula is C13H14N4O3. The summed E-state index contributed by atoms with van der Waals surface area (Å²) in [7, 11) is 0. The fourth-order valence-corrected chi connectivity index (χ4v) is 1.67. The lowest BCUT2D eigenvalue weighted by Gasteiger charge is -2.08. The van der Waals surface area contributed by atoms with Crippen molar-refractivity contribution in [3.8, 4) is 5.69 Å². The van der Waals surface area contributed by atoms with Crippen LogP contribution in [-0.2, 0) is 4.74 Å². The lowest BCUT2D eigenvalue weighted by atomic mass is 10.1. The zero-order valence-electron chi connectivity index (χ0n) is 10.9. The molecule has 0 aliphatic heterocycles. The van der Waals surface area contributed by atoms with Crippen LogP contribution >= 0.6 is 0 Å². The SMILES string of the molecule is CCOC(=O)c1ccc(N)c(-n2cc(C(N)=O)cn2)c1. The first kappa shape index (κ1) is 13.6. The van der Waals surface area contributed by atoms with Crippen LogP contribution in [0, 0.1) is 0 Å². The van der Waals surface area contributed by atoms with Gasteiger partial charge in [0.15, 0.2) is 0 Å².